The van der Waals surface area contributed by atoms with E-state index in [0.717, 1.165) is 16.1 Å². The van der Waals surface area contributed by atoms with Crippen molar-refractivity contribution in [2.75, 3.05) is 0 Å². The van der Waals surface area contributed by atoms with E-state index in [1.165, 1.54) is 25.7 Å². The summed E-state index contributed by atoms with van der Waals surface area (Å²) in [6.07, 6.45) is 6.93. The average Bonchev–Trinajstić information content (AvgIpc) is 2.64. The molecule has 0 aliphatic heterocycles. The highest BCUT2D eigenvalue weighted by Crippen LogP contribution is 2.38. The third-order valence-corrected chi connectivity index (χ3v) is 4.55. The molecule has 0 spiro atoms. The number of nitrogens with zero attached hydrogens (tertiary/aromatic N) is 2. The zero-order chi connectivity index (χ0) is 12.4. The van der Waals surface area contributed by atoms with Crippen LogP contribution in [-0.4, -0.2) is 9.78 Å². The molecule has 1 unspecified atom stereocenters. The largest absolute Gasteiger partial charge is 0.271 e. The molecule has 0 saturated heterocycles. The maximum Gasteiger partial charge on any atom is 0.0708 e. The molecule has 96 valence electrons. The molecule has 1 aromatic heterocycles. The van der Waals surface area contributed by atoms with E-state index in [0.29, 0.717) is 5.92 Å². The van der Waals surface area contributed by atoms with E-state index in [2.05, 4.69) is 33.4 Å². The van der Waals surface area contributed by atoms with Crippen molar-refractivity contribution >= 4 is 15.9 Å². The highest BCUT2D eigenvalue weighted by atomic mass is 79.9. The van der Waals surface area contributed by atoms with Crippen molar-refractivity contribution in [1.82, 2.24) is 15.2 Å². The maximum atomic E-state index is 5.76. The number of nitrogens with two attached hydrogens (primary N) is 1. The first kappa shape index (κ1) is 13.1. The standard InChI is InChI=1S/C12H21BrN4/c1-8-3-5-9(6-4-8)11(16-14)12-10(13)7-15-17(12)2/h7-9,11,16H,3-6,14H2,1-2H3. The lowest BCUT2D eigenvalue weighted by Crippen LogP contribution is -2.36. The van der Waals surface area contributed by atoms with Gasteiger partial charge < -0.3 is 0 Å². The first-order chi connectivity index (χ1) is 8.13. The molecule has 3 N–H and O–H groups in total. The second-order valence-corrected chi connectivity index (χ2v) is 6.02. The molecule has 1 aromatic rings. The van der Waals surface area contributed by atoms with Crippen molar-refractivity contribution in [3.63, 3.8) is 0 Å². The van der Waals surface area contributed by atoms with Crippen molar-refractivity contribution in [1.29, 1.82) is 0 Å². The van der Waals surface area contributed by atoms with Crippen molar-refractivity contribution in [2.45, 2.75) is 38.6 Å². The monoisotopic (exact) mass is 300 g/mol. The summed E-state index contributed by atoms with van der Waals surface area (Å²) in [6, 6.07) is 0.198. The van der Waals surface area contributed by atoms with Crippen LogP contribution >= 0.6 is 15.9 Å². The van der Waals surface area contributed by atoms with Gasteiger partial charge in [0.1, 0.15) is 0 Å². The quantitative estimate of drug-likeness (QED) is 0.666. The Bertz CT molecular complexity index is 349. The number of rotatable bonds is 3. The van der Waals surface area contributed by atoms with Crippen LogP contribution in [0.3, 0.4) is 0 Å². The number of aromatic nitrogens is 2. The van der Waals surface area contributed by atoms with Crippen molar-refractivity contribution < 1.29 is 0 Å². The Morgan fingerprint density at radius 2 is 2.12 bits per heavy atom. The molecule has 0 radical (unpaired) electrons. The Labute approximate surface area is 111 Å². The topological polar surface area (TPSA) is 55.9 Å². The number of hydrazine groups is 1. The van der Waals surface area contributed by atoms with Crippen LogP contribution < -0.4 is 11.3 Å². The van der Waals surface area contributed by atoms with Crippen LogP contribution in [0.4, 0.5) is 0 Å². The fourth-order valence-electron chi connectivity index (χ4n) is 2.83. The highest BCUT2D eigenvalue weighted by Gasteiger charge is 2.29. The van der Waals surface area contributed by atoms with E-state index in [1.54, 1.807) is 0 Å². The first-order valence-corrected chi connectivity index (χ1v) is 7.06. The summed E-state index contributed by atoms with van der Waals surface area (Å²) >= 11 is 3.56. The van der Waals surface area contributed by atoms with E-state index < -0.39 is 0 Å². The zero-order valence-electron chi connectivity index (χ0n) is 10.5. The molecule has 0 bridgehead atoms. The lowest BCUT2D eigenvalue weighted by Gasteiger charge is -2.32. The summed E-state index contributed by atoms with van der Waals surface area (Å²) in [6.45, 7) is 2.33. The highest BCUT2D eigenvalue weighted by molar-refractivity contribution is 9.10. The molecule has 1 saturated carbocycles. The summed E-state index contributed by atoms with van der Waals surface area (Å²) in [5.41, 5.74) is 4.14. The smallest absolute Gasteiger partial charge is 0.0708 e. The molecule has 5 heteroatoms. The van der Waals surface area contributed by atoms with Gasteiger partial charge in [0.25, 0.3) is 0 Å². The third-order valence-electron chi connectivity index (χ3n) is 3.94. The van der Waals surface area contributed by atoms with Gasteiger partial charge in [0.15, 0.2) is 0 Å². The summed E-state index contributed by atoms with van der Waals surface area (Å²) < 4.78 is 2.95. The lowest BCUT2D eigenvalue weighted by molar-refractivity contribution is 0.226. The zero-order valence-corrected chi connectivity index (χ0v) is 12.1. The van der Waals surface area contributed by atoms with Gasteiger partial charge in [-0.25, -0.2) is 0 Å². The number of hydrogen-bond donors (Lipinski definition) is 2. The van der Waals surface area contributed by atoms with Gasteiger partial charge in [-0.2, -0.15) is 5.10 Å². The third kappa shape index (κ3) is 2.72. The summed E-state index contributed by atoms with van der Waals surface area (Å²) in [7, 11) is 1.97. The number of halogens is 1. The maximum absolute atomic E-state index is 5.76. The van der Waals surface area contributed by atoms with Crippen LogP contribution in [0.25, 0.3) is 0 Å². The van der Waals surface area contributed by atoms with Crippen LogP contribution in [0.2, 0.25) is 0 Å². The van der Waals surface area contributed by atoms with Crippen LogP contribution in [0, 0.1) is 11.8 Å². The van der Waals surface area contributed by atoms with Crippen molar-refractivity contribution in [3.8, 4) is 0 Å². The van der Waals surface area contributed by atoms with Gasteiger partial charge in [-0.05, 0) is 40.6 Å². The SMILES string of the molecule is CC1CCC(C(NN)c2c(Br)cnn2C)CC1. The number of nitrogens with one attached hydrogen (secondary N) is 1. The molecule has 1 atom stereocenters. The summed E-state index contributed by atoms with van der Waals surface area (Å²) in [5, 5.41) is 4.27. The summed E-state index contributed by atoms with van der Waals surface area (Å²) in [5.74, 6) is 7.23. The Morgan fingerprint density at radius 3 is 2.59 bits per heavy atom. The normalized spacial score (nSPS) is 27.1. The van der Waals surface area contributed by atoms with Gasteiger partial charge in [0, 0.05) is 7.05 Å². The Balaban J connectivity index is 2.16. The number of hydrogen-bond acceptors (Lipinski definition) is 3. The molecule has 0 amide bonds. The molecular formula is C12H21BrN4. The number of aryl methyl sites for hydroxylation is 1. The van der Waals surface area contributed by atoms with E-state index in [4.69, 9.17) is 5.84 Å². The lowest BCUT2D eigenvalue weighted by atomic mass is 9.78. The van der Waals surface area contributed by atoms with Crippen LogP contribution in [0.5, 0.6) is 0 Å². The van der Waals surface area contributed by atoms with Crippen molar-refractivity contribution in [3.05, 3.63) is 16.4 Å². The van der Waals surface area contributed by atoms with Crippen LogP contribution in [0.15, 0.2) is 10.7 Å². The Morgan fingerprint density at radius 1 is 1.47 bits per heavy atom. The van der Waals surface area contributed by atoms with Gasteiger partial charge in [-0.3, -0.25) is 16.0 Å². The van der Waals surface area contributed by atoms with E-state index in [9.17, 15) is 0 Å². The van der Waals surface area contributed by atoms with Gasteiger partial charge in [0.2, 0.25) is 0 Å². The van der Waals surface area contributed by atoms with Crippen molar-refractivity contribution in [2.24, 2.45) is 24.7 Å². The molecule has 1 heterocycles. The minimum absolute atomic E-state index is 0.198. The Hall–Kier alpha value is -0.390. The van der Waals surface area contributed by atoms with Crippen LogP contribution in [-0.2, 0) is 7.05 Å². The first-order valence-electron chi connectivity index (χ1n) is 6.27. The van der Waals surface area contributed by atoms with Gasteiger partial charge in [-0.1, -0.05) is 19.8 Å². The fourth-order valence-corrected chi connectivity index (χ4v) is 3.42. The molecule has 1 aliphatic rings. The van der Waals surface area contributed by atoms with E-state index in [-0.39, 0.29) is 6.04 Å². The summed E-state index contributed by atoms with van der Waals surface area (Å²) in [4.78, 5) is 0. The van der Waals surface area contributed by atoms with Gasteiger partial charge in [-0.15, -0.1) is 0 Å². The molecule has 17 heavy (non-hydrogen) atoms. The average molecular weight is 301 g/mol. The second-order valence-electron chi connectivity index (χ2n) is 5.17. The Kier molecular flexibility index (Phi) is 4.22. The second kappa shape index (κ2) is 5.50. The predicted molar refractivity (Wildman–Crippen MR) is 72.1 cm³/mol. The molecule has 2 rings (SSSR count). The molecule has 4 nitrogen and oxygen atoms in total. The molecule has 1 aliphatic carbocycles. The van der Waals surface area contributed by atoms with Crippen LogP contribution in [0.1, 0.15) is 44.3 Å². The minimum atomic E-state index is 0.198. The van der Waals surface area contributed by atoms with E-state index >= 15 is 0 Å². The van der Waals surface area contributed by atoms with Gasteiger partial charge >= 0.3 is 0 Å². The molecule has 0 aromatic carbocycles. The molecular weight excluding hydrogens is 280 g/mol. The fraction of sp³-hybridized carbons (Fsp3) is 0.750. The van der Waals surface area contributed by atoms with Gasteiger partial charge in [0.05, 0.1) is 22.4 Å². The minimum Gasteiger partial charge on any atom is -0.271 e. The van der Waals surface area contributed by atoms with E-state index in [1.807, 2.05) is 17.9 Å². The molecule has 1 fully saturated rings. The predicted octanol–water partition coefficient (Wildman–Crippen LogP) is 2.51.